The third-order valence-corrected chi connectivity index (χ3v) is 3.28. The van der Waals surface area contributed by atoms with Crippen molar-refractivity contribution in [2.75, 3.05) is 25.5 Å². The first-order valence-electron chi connectivity index (χ1n) is 6.37. The number of piperidine rings is 1. The standard InChI is InChI=1S/C14H20N2O2/c1-10-5-6-12(13(8-10)18-2)16-14(17)11-4-3-7-15-9-11/h5-6,8,11,15H,3-4,7,9H2,1-2H3,(H,16,17)/t11-/m0/s1. The Morgan fingerprint density at radius 3 is 3.00 bits per heavy atom. The first-order chi connectivity index (χ1) is 8.70. The van der Waals surface area contributed by atoms with Crippen LogP contribution in [-0.2, 0) is 4.79 Å². The molecule has 98 valence electrons. The maximum Gasteiger partial charge on any atom is 0.228 e. The first-order valence-corrected chi connectivity index (χ1v) is 6.37. The molecule has 2 N–H and O–H groups in total. The SMILES string of the molecule is COc1cc(C)ccc1NC(=O)[C@H]1CCCNC1. The highest BCUT2D eigenvalue weighted by Gasteiger charge is 2.21. The van der Waals surface area contributed by atoms with Crippen LogP contribution in [0.3, 0.4) is 0 Å². The van der Waals surface area contributed by atoms with Crippen LogP contribution < -0.4 is 15.4 Å². The van der Waals surface area contributed by atoms with Crippen LogP contribution in [0.5, 0.6) is 5.75 Å². The number of anilines is 1. The van der Waals surface area contributed by atoms with Gasteiger partial charge in [0.25, 0.3) is 0 Å². The molecular weight excluding hydrogens is 228 g/mol. The zero-order chi connectivity index (χ0) is 13.0. The Bertz CT molecular complexity index is 426. The molecule has 1 heterocycles. The maximum absolute atomic E-state index is 12.1. The number of aryl methyl sites for hydroxylation is 1. The molecule has 0 aliphatic carbocycles. The molecule has 1 aromatic carbocycles. The summed E-state index contributed by atoms with van der Waals surface area (Å²) in [5, 5.41) is 6.20. The first kappa shape index (κ1) is 12.9. The highest BCUT2D eigenvalue weighted by atomic mass is 16.5. The Labute approximate surface area is 108 Å². The lowest BCUT2D eigenvalue weighted by Crippen LogP contribution is -2.37. The molecular formula is C14H20N2O2. The summed E-state index contributed by atoms with van der Waals surface area (Å²) in [6.07, 6.45) is 2.01. The number of hydrogen-bond acceptors (Lipinski definition) is 3. The fraction of sp³-hybridized carbons (Fsp3) is 0.500. The van der Waals surface area contributed by atoms with Gasteiger partial charge in [-0.2, -0.15) is 0 Å². The molecule has 1 aromatic rings. The van der Waals surface area contributed by atoms with Gasteiger partial charge in [-0.25, -0.2) is 0 Å². The number of ether oxygens (including phenoxy) is 1. The Hall–Kier alpha value is -1.55. The van der Waals surface area contributed by atoms with Gasteiger partial charge in [0.15, 0.2) is 0 Å². The molecule has 4 nitrogen and oxygen atoms in total. The summed E-state index contributed by atoms with van der Waals surface area (Å²) < 4.78 is 5.28. The normalized spacial score (nSPS) is 19.3. The molecule has 1 atom stereocenters. The second-order valence-electron chi connectivity index (χ2n) is 4.74. The Kier molecular flexibility index (Phi) is 4.20. The van der Waals surface area contributed by atoms with Crippen LogP contribution in [0.1, 0.15) is 18.4 Å². The van der Waals surface area contributed by atoms with E-state index in [1.54, 1.807) is 7.11 Å². The zero-order valence-electron chi connectivity index (χ0n) is 11.0. The van der Waals surface area contributed by atoms with E-state index >= 15 is 0 Å². The highest BCUT2D eigenvalue weighted by Crippen LogP contribution is 2.26. The zero-order valence-corrected chi connectivity index (χ0v) is 11.0. The largest absolute Gasteiger partial charge is 0.495 e. The van der Waals surface area contributed by atoms with Gasteiger partial charge in [0.05, 0.1) is 18.7 Å². The van der Waals surface area contributed by atoms with Gasteiger partial charge in [0, 0.05) is 6.54 Å². The molecule has 0 spiro atoms. The molecule has 4 heteroatoms. The summed E-state index contributed by atoms with van der Waals surface area (Å²) in [6.45, 7) is 3.77. The maximum atomic E-state index is 12.1. The molecule has 1 aliphatic heterocycles. The van der Waals surface area contributed by atoms with E-state index < -0.39 is 0 Å². The lowest BCUT2D eigenvalue weighted by Gasteiger charge is -2.22. The Morgan fingerprint density at radius 1 is 1.50 bits per heavy atom. The van der Waals surface area contributed by atoms with Gasteiger partial charge in [-0.15, -0.1) is 0 Å². The van der Waals surface area contributed by atoms with E-state index in [-0.39, 0.29) is 11.8 Å². The smallest absolute Gasteiger partial charge is 0.228 e. The quantitative estimate of drug-likeness (QED) is 0.859. The minimum absolute atomic E-state index is 0.0600. The molecule has 1 saturated heterocycles. The minimum atomic E-state index is 0.0600. The summed E-state index contributed by atoms with van der Waals surface area (Å²) in [4.78, 5) is 12.1. The van der Waals surface area contributed by atoms with E-state index in [9.17, 15) is 4.79 Å². The van der Waals surface area contributed by atoms with Crippen LogP contribution >= 0.6 is 0 Å². The number of benzene rings is 1. The van der Waals surface area contributed by atoms with E-state index in [2.05, 4.69) is 10.6 Å². The number of rotatable bonds is 3. The molecule has 0 radical (unpaired) electrons. The predicted octanol–water partition coefficient (Wildman–Crippen LogP) is 1.94. The molecule has 0 unspecified atom stereocenters. The molecule has 0 bridgehead atoms. The van der Waals surface area contributed by atoms with Gasteiger partial charge in [0.2, 0.25) is 5.91 Å². The fourth-order valence-corrected chi connectivity index (χ4v) is 2.21. The topological polar surface area (TPSA) is 50.4 Å². The fourth-order valence-electron chi connectivity index (χ4n) is 2.21. The van der Waals surface area contributed by atoms with Crippen molar-refractivity contribution in [2.24, 2.45) is 5.92 Å². The summed E-state index contributed by atoms with van der Waals surface area (Å²) in [6, 6.07) is 5.79. The van der Waals surface area contributed by atoms with Gasteiger partial charge in [-0.05, 0) is 44.0 Å². The Morgan fingerprint density at radius 2 is 2.33 bits per heavy atom. The highest BCUT2D eigenvalue weighted by molar-refractivity contribution is 5.94. The summed E-state index contributed by atoms with van der Waals surface area (Å²) in [7, 11) is 1.62. The van der Waals surface area contributed by atoms with Crippen LogP contribution in [0.15, 0.2) is 18.2 Å². The molecule has 1 aliphatic rings. The van der Waals surface area contributed by atoms with Crippen molar-refractivity contribution in [3.63, 3.8) is 0 Å². The molecule has 0 saturated carbocycles. The van der Waals surface area contributed by atoms with Crippen molar-refractivity contribution in [1.82, 2.24) is 5.32 Å². The summed E-state index contributed by atoms with van der Waals surface area (Å²) in [5.41, 5.74) is 1.86. The van der Waals surface area contributed by atoms with Crippen molar-refractivity contribution >= 4 is 11.6 Å². The van der Waals surface area contributed by atoms with Crippen molar-refractivity contribution in [3.05, 3.63) is 23.8 Å². The number of nitrogens with one attached hydrogen (secondary N) is 2. The number of methoxy groups -OCH3 is 1. The van der Waals surface area contributed by atoms with Crippen LogP contribution in [0, 0.1) is 12.8 Å². The van der Waals surface area contributed by atoms with E-state index in [0.717, 1.165) is 37.2 Å². The van der Waals surface area contributed by atoms with Crippen LogP contribution in [0.25, 0.3) is 0 Å². The molecule has 1 fully saturated rings. The third kappa shape index (κ3) is 3.01. The number of carbonyl (C=O) groups excluding carboxylic acids is 1. The number of carbonyl (C=O) groups is 1. The second-order valence-corrected chi connectivity index (χ2v) is 4.74. The van der Waals surface area contributed by atoms with Gasteiger partial charge < -0.3 is 15.4 Å². The predicted molar refractivity (Wildman–Crippen MR) is 72.0 cm³/mol. The minimum Gasteiger partial charge on any atom is -0.495 e. The van der Waals surface area contributed by atoms with Gasteiger partial charge in [-0.1, -0.05) is 6.07 Å². The van der Waals surface area contributed by atoms with E-state index in [4.69, 9.17) is 4.74 Å². The van der Waals surface area contributed by atoms with Crippen LogP contribution in [0.2, 0.25) is 0 Å². The lowest BCUT2D eigenvalue weighted by molar-refractivity contribution is -0.120. The average Bonchev–Trinajstić information content (AvgIpc) is 2.41. The molecule has 18 heavy (non-hydrogen) atoms. The lowest BCUT2D eigenvalue weighted by atomic mass is 9.98. The van der Waals surface area contributed by atoms with Crippen molar-refractivity contribution < 1.29 is 9.53 Å². The van der Waals surface area contributed by atoms with E-state index in [1.807, 2.05) is 25.1 Å². The Balaban J connectivity index is 2.06. The molecule has 2 rings (SSSR count). The van der Waals surface area contributed by atoms with Crippen LogP contribution in [0.4, 0.5) is 5.69 Å². The van der Waals surface area contributed by atoms with E-state index in [0.29, 0.717) is 5.75 Å². The molecule has 1 amide bonds. The van der Waals surface area contributed by atoms with Crippen molar-refractivity contribution in [3.8, 4) is 5.75 Å². The van der Waals surface area contributed by atoms with Crippen LogP contribution in [-0.4, -0.2) is 26.1 Å². The number of hydrogen-bond donors (Lipinski definition) is 2. The van der Waals surface area contributed by atoms with Crippen molar-refractivity contribution in [2.45, 2.75) is 19.8 Å². The number of amides is 1. The van der Waals surface area contributed by atoms with Crippen molar-refractivity contribution in [1.29, 1.82) is 0 Å². The van der Waals surface area contributed by atoms with Gasteiger partial charge >= 0.3 is 0 Å². The summed E-state index contributed by atoms with van der Waals surface area (Å²) in [5.74, 6) is 0.848. The second kappa shape index (κ2) is 5.87. The average molecular weight is 248 g/mol. The monoisotopic (exact) mass is 248 g/mol. The summed E-state index contributed by atoms with van der Waals surface area (Å²) >= 11 is 0. The third-order valence-electron chi connectivity index (χ3n) is 3.28. The molecule has 0 aromatic heterocycles. The van der Waals surface area contributed by atoms with E-state index in [1.165, 1.54) is 0 Å². The van der Waals surface area contributed by atoms with Gasteiger partial charge in [0.1, 0.15) is 5.75 Å². The van der Waals surface area contributed by atoms with Gasteiger partial charge in [-0.3, -0.25) is 4.79 Å².